The van der Waals surface area contributed by atoms with Crippen LogP contribution in [0.1, 0.15) is 39.5 Å². The summed E-state index contributed by atoms with van der Waals surface area (Å²) in [6.45, 7) is 7.15. The minimum atomic E-state index is -0.779. The summed E-state index contributed by atoms with van der Waals surface area (Å²) in [5, 5.41) is 0. The monoisotopic (exact) mass is 344 g/mol. The lowest BCUT2D eigenvalue weighted by molar-refractivity contribution is -0.143. The molecule has 0 fully saturated rings. The summed E-state index contributed by atoms with van der Waals surface area (Å²) >= 11 is 0. The Morgan fingerprint density at radius 3 is 2.25 bits per heavy atom. The summed E-state index contributed by atoms with van der Waals surface area (Å²) in [5.41, 5.74) is -0.673. The molecule has 0 aromatic carbocycles. The number of carbonyl (C=O) groups is 3. The molecule has 0 rings (SSSR count). The van der Waals surface area contributed by atoms with Crippen molar-refractivity contribution in [1.82, 2.24) is 0 Å². The number of ketones is 1. The molecule has 0 aromatic rings. The van der Waals surface area contributed by atoms with Crippen LogP contribution in [0.3, 0.4) is 0 Å². The lowest BCUT2D eigenvalue weighted by atomic mass is 9.94. The van der Waals surface area contributed by atoms with Crippen molar-refractivity contribution in [3.8, 4) is 0 Å². The Balaban J connectivity index is 4.02. The second-order valence-electron chi connectivity index (χ2n) is 5.96. The van der Waals surface area contributed by atoms with Crippen molar-refractivity contribution in [3.05, 3.63) is 12.7 Å². The highest BCUT2D eigenvalue weighted by Gasteiger charge is 2.28. The predicted octanol–water partition coefficient (Wildman–Crippen LogP) is 2.67. The molecule has 24 heavy (non-hydrogen) atoms. The van der Waals surface area contributed by atoms with Crippen LogP contribution in [0.15, 0.2) is 12.7 Å². The third kappa shape index (κ3) is 11.6. The van der Waals surface area contributed by atoms with Crippen LogP contribution < -0.4 is 0 Å². The van der Waals surface area contributed by atoms with Gasteiger partial charge in [-0.05, 0) is 26.2 Å². The highest BCUT2D eigenvalue weighted by molar-refractivity contribution is 5.81. The molecule has 0 spiro atoms. The summed E-state index contributed by atoms with van der Waals surface area (Å²) in [5.74, 6) is -0.393. The molecule has 0 radical (unpaired) electrons. The van der Waals surface area contributed by atoms with Crippen LogP contribution in [0.5, 0.6) is 0 Å². The fourth-order valence-corrected chi connectivity index (χ4v) is 1.86. The summed E-state index contributed by atoms with van der Waals surface area (Å²) < 4.78 is 20.1. The van der Waals surface area contributed by atoms with Gasteiger partial charge in [0, 0.05) is 19.6 Å². The summed E-state index contributed by atoms with van der Waals surface area (Å²) in [7, 11) is 1.51. The Labute approximate surface area is 143 Å². The number of methoxy groups -OCH3 is 1. The van der Waals surface area contributed by atoms with Crippen LogP contribution in [0.25, 0.3) is 0 Å². The first kappa shape index (κ1) is 22.1. The van der Waals surface area contributed by atoms with E-state index in [1.807, 2.05) is 0 Å². The van der Waals surface area contributed by atoms with E-state index in [0.29, 0.717) is 12.8 Å². The van der Waals surface area contributed by atoms with Gasteiger partial charge in [-0.2, -0.15) is 0 Å². The molecule has 0 aliphatic carbocycles. The molecule has 138 valence electrons. The van der Waals surface area contributed by atoms with E-state index in [1.165, 1.54) is 7.11 Å². The minimum absolute atomic E-state index is 0.00552. The van der Waals surface area contributed by atoms with Crippen molar-refractivity contribution in [2.45, 2.75) is 39.5 Å². The Hall–Kier alpha value is -1.89. The largest absolute Gasteiger partial charge is 0.508 e. The molecule has 0 saturated carbocycles. The van der Waals surface area contributed by atoms with Crippen LogP contribution >= 0.6 is 0 Å². The average Bonchev–Trinajstić information content (AvgIpc) is 2.54. The first-order chi connectivity index (χ1) is 11.3. The number of hydrogen-bond donors (Lipinski definition) is 0. The highest BCUT2D eigenvalue weighted by atomic mass is 16.7. The molecular formula is C17H28O7. The quantitative estimate of drug-likeness (QED) is 0.288. The van der Waals surface area contributed by atoms with Gasteiger partial charge in [0.15, 0.2) is 0 Å². The van der Waals surface area contributed by atoms with E-state index in [-0.39, 0.29) is 32.2 Å². The molecule has 0 aliphatic heterocycles. The van der Waals surface area contributed by atoms with Crippen LogP contribution in [0.2, 0.25) is 0 Å². The van der Waals surface area contributed by atoms with Crippen LogP contribution in [0, 0.1) is 5.41 Å². The van der Waals surface area contributed by atoms with Crippen molar-refractivity contribution < 1.29 is 33.3 Å². The van der Waals surface area contributed by atoms with Crippen molar-refractivity contribution in [3.63, 3.8) is 0 Å². The number of hydrogen-bond acceptors (Lipinski definition) is 7. The molecule has 0 bridgehead atoms. The average molecular weight is 344 g/mol. The van der Waals surface area contributed by atoms with Crippen molar-refractivity contribution in [2.75, 3.05) is 33.5 Å². The molecule has 0 amide bonds. The van der Waals surface area contributed by atoms with Gasteiger partial charge in [0.2, 0.25) is 0 Å². The van der Waals surface area contributed by atoms with E-state index in [1.54, 1.807) is 13.8 Å². The maximum Gasteiger partial charge on any atom is 0.508 e. The van der Waals surface area contributed by atoms with E-state index in [9.17, 15) is 14.4 Å². The van der Waals surface area contributed by atoms with Gasteiger partial charge < -0.3 is 23.7 Å². The number of esters is 1. The first-order valence-corrected chi connectivity index (χ1v) is 7.90. The van der Waals surface area contributed by atoms with Gasteiger partial charge in [-0.25, -0.2) is 9.59 Å². The maximum absolute atomic E-state index is 11.6. The Morgan fingerprint density at radius 1 is 1.00 bits per heavy atom. The lowest BCUT2D eigenvalue weighted by Gasteiger charge is -2.27. The second kappa shape index (κ2) is 12.5. The van der Waals surface area contributed by atoms with Gasteiger partial charge in [0.05, 0.1) is 18.6 Å². The molecule has 0 aliphatic rings. The molecule has 7 heteroatoms. The SMILES string of the molecule is C=CC(=O)OCC(C)(COC)COC(=O)OCCCCCC(C)=O. The zero-order chi connectivity index (χ0) is 18.4. The molecule has 7 nitrogen and oxygen atoms in total. The molecule has 0 N–H and O–H groups in total. The molecule has 1 atom stereocenters. The van der Waals surface area contributed by atoms with Gasteiger partial charge in [0.1, 0.15) is 19.0 Å². The van der Waals surface area contributed by atoms with Crippen LogP contribution in [-0.2, 0) is 28.5 Å². The number of rotatable bonds is 13. The normalized spacial score (nSPS) is 12.8. The van der Waals surface area contributed by atoms with Gasteiger partial charge in [-0.1, -0.05) is 13.5 Å². The van der Waals surface area contributed by atoms with Gasteiger partial charge in [-0.3, -0.25) is 0 Å². The standard InChI is InChI=1S/C17H28O7/c1-5-15(19)23-12-17(3,11-21-4)13-24-16(20)22-10-8-6-7-9-14(2)18/h5H,1,6-13H2,2-4H3. The van der Waals surface area contributed by atoms with E-state index in [0.717, 1.165) is 18.9 Å². The topological polar surface area (TPSA) is 88.1 Å². The van der Waals surface area contributed by atoms with Crippen molar-refractivity contribution >= 4 is 17.9 Å². The molecular weight excluding hydrogens is 316 g/mol. The van der Waals surface area contributed by atoms with Crippen molar-refractivity contribution in [1.29, 1.82) is 0 Å². The Bertz CT molecular complexity index is 419. The lowest BCUT2D eigenvalue weighted by Crippen LogP contribution is -2.35. The first-order valence-electron chi connectivity index (χ1n) is 7.90. The predicted molar refractivity (Wildman–Crippen MR) is 87.6 cm³/mol. The van der Waals surface area contributed by atoms with Crippen molar-refractivity contribution in [2.24, 2.45) is 5.41 Å². The Kier molecular flexibility index (Phi) is 11.5. The van der Waals surface area contributed by atoms with Gasteiger partial charge in [0.25, 0.3) is 0 Å². The highest BCUT2D eigenvalue weighted by Crippen LogP contribution is 2.18. The van der Waals surface area contributed by atoms with E-state index >= 15 is 0 Å². The minimum Gasteiger partial charge on any atom is -0.462 e. The number of unbranched alkanes of at least 4 members (excludes halogenated alkanes) is 2. The fraction of sp³-hybridized carbons (Fsp3) is 0.706. The summed E-state index contributed by atoms with van der Waals surface area (Å²) in [6.07, 6.45) is 3.10. The summed E-state index contributed by atoms with van der Waals surface area (Å²) in [4.78, 5) is 33.5. The number of ether oxygens (including phenoxy) is 4. The zero-order valence-electron chi connectivity index (χ0n) is 14.8. The third-order valence-corrected chi connectivity index (χ3v) is 3.15. The van der Waals surface area contributed by atoms with Gasteiger partial charge in [-0.15, -0.1) is 0 Å². The maximum atomic E-state index is 11.6. The zero-order valence-corrected chi connectivity index (χ0v) is 14.8. The summed E-state index contributed by atoms with van der Waals surface area (Å²) in [6, 6.07) is 0. The smallest absolute Gasteiger partial charge is 0.462 e. The molecule has 0 heterocycles. The van der Waals surface area contributed by atoms with Crippen LogP contribution in [-0.4, -0.2) is 51.4 Å². The van der Waals surface area contributed by atoms with Crippen LogP contribution in [0.4, 0.5) is 4.79 Å². The van der Waals surface area contributed by atoms with E-state index in [4.69, 9.17) is 18.9 Å². The number of carbonyl (C=O) groups excluding carboxylic acids is 3. The van der Waals surface area contributed by atoms with E-state index < -0.39 is 17.5 Å². The second-order valence-corrected chi connectivity index (χ2v) is 5.96. The molecule has 0 aromatic heterocycles. The Morgan fingerprint density at radius 2 is 1.67 bits per heavy atom. The van der Waals surface area contributed by atoms with Gasteiger partial charge >= 0.3 is 12.1 Å². The fourth-order valence-electron chi connectivity index (χ4n) is 1.86. The van der Waals surface area contributed by atoms with E-state index in [2.05, 4.69) is 6.58 Å². The number of Topliss-reactive ketones (excluding diaryl/α,β-unsaturated/α-hetero) is 1. The molecule has 1 unspecified atom stereocenters. The molecule has 0 saturated heterocycles. The third-order valence-electron chi connectivity index (χ3n) is 3.15.